The lowest BCUT2D eigenvalue weighted by molar-refractivity contribution is 0.0681. The van der Waals surface area contributed by atoms with E-state index in [1.54, 1.807) is 13.2 Å². The van der Waals surface area contributed by atoms with Gasteiger partial charge in [-0.2, -0.15) is 9.61 Å². The number of fused-ring (bicyclic) bond motifs is 2. The summed E-state index contributed by atoms with van der Waals surface area (Å²) >= 11 is 0. The van der Waals surface area contributed by atoms with Crippen LogP contribution in [0, 0.1) is 12.7 Å². The van der Waals surface area contributed by atoms with E-state index >= 15 is 0 Å². The van der Waals surface area contributed by atoms with Gasteiger partial charge in [0, 0.05) is 44.4 Å². The average Bonchev–Trinajstić information content (AvgIpc) is 3.55. The summed E-state index contributed by atoms with van der Waals surface area (Å²) in [6.07, 6.45) is 6.92. The molecule has 4 heterocycles. The van der Waals surface area contributed by atoms with Gasteiger partial charge in [0.15, 0.2) is 5.65 Å². The fraction of sp³-hybridized carbons (Fsp3) is 0.462. The molecule has 0 bridgehead atoms. The van der Waals surface area contributed by atoms with E-state index in [-0.39, 0.29) is 5.82 Å². The maximum atomic E-state index is 13.8. The molecule has 1 N–H and O–H groups in total. The topological polar surface area (TPSA) is 80.5 Å². The molecule has 2 fully saturated rings. The Morgan fingerprint density at radius 3 is 2.54 bits per heavy atom. The highest BCUT2D eigenvalue weighted by molar-refractivity contribution is 5.78. The van der Waals surface area contributed by atoms with E-state index in [0.717, 1.165) is 61.7 Å². The van der Waals surface area contributed by atoms with Crippen molar-refractivity contribution in [3.8, 4) is 11.4 Å². The van der Waals surface area contributed by atoms with E-state index in [1.807, 2.05) is 17.5 Å². The first-order chi connectivity index (χ1) is 17.1. The number of anilines is 2. The molecule has 3 aromatic heterocycles. The molecular formula is C26H30FN7O. The van der Waals surface area contributed by atoms with Gasteiger partial charge in [0.25, 0.3) is 0 Å². The van der Waals surface area contributed by atoms with Gasteiger partial charge in [-0.05, 0) is 57.6 Å². The Morgan fingerprint density at radius 1 is 0.971 bits per heavy atom. The molecule has 9 heteroatoms. The van der Waals surface area contributed by atoms with Crippen molar-refractivity contribution in [3.05, 3.63) is 41.8 Å². The molecule has 6 rings (SSSR count). The van der Waals surface area contributed by atoms with Gasteiger partial charge in [0.05, 0.1) is 22.8 Å². The molecule has 182 valence electrons. The zero-order valence-electron chi connectivity index (χ0n) is 20.2. The van der Waals surface area contributed by atoms with E-state index in [1.165, 1.54) is 25.0 Å². The van der Waals surface area contributed by atoms with Crippen molar-refractivity contribution in [2.45, 2.75) is 57.6 Å². The quantitative estimate of drug-likeness (QED) is 0.446. The SMILES string of the molecule is COC1CCC(Nc2cc(N3CCCC3)nc3cc(-c4nc5cc(F)ccc5nc4C)nn23)CC1. The minimum absolute atomic E-state index is 0.330. The second kappa shape index (κ2) is 9.03. The number of hydrogen-bond acceptors (Lipinski definition) is 7. The molecule has 1 aliphatic heterocycles. The van der Waals surface area contributed by atoms with Crippen LogP contribution >= 0.6 is 0 Å². The molecule has 4 aromatic rings. The van der Waals surface area contributed by atoms with E-state index in [9.17, 15) is 4.39 Å². The average molecular weight is 476 g/mol. The van der Waals surface area contributed by atoms with Crippen molar-refractivity contribution < 1.29 is 9.13 Å². The minimum Gasteiger partial charge on any atom is -0.381 e. The maximum Gasteiger partial charge on any atom is 0.160 e. The van der Waals surface area contributed by atoms with Crippen molar-refractivity contribution >= 4 is 28.3 Å². The van der Waals surface area contributed by atoms with Crippen molar-refractivity contribution in [2.75, 3.05) is 30.4 Å². The Bertz CT molecular complexity index is 1370. The normalized spacial score (nSPS) is 20.7. The Hall–Kier alpha value is -3.33. The first-order valence-corrected chi connectivity index (χ1v) is 12.5. The Morgan fingerprint density at radius 2 is 1.77 bits per heavy atom. The van der Waals surface area contributed by atoms with E-state index in [2.05, 4.69) is 21.3 Å². The molecule has 1 saturated heterocycles. The number of aryl methyl sites for hydroxylation is 1. The van der Waals surface area contributed by atoms with Gasteiger partial charge in [0.1, 0.15) is 28.8 Å². The second-order valence-corrected chi connectivity index (χ2v) is 9.64. The molecule has 2 aliphatic rings. The molecule has 8 nitrogen and oxygen atoms in total. The summed E-state index contributed by atoms with van der Waals surface area (Å²) < 4.78 is 21.3. The van der Waals surface area contributed by atoms with Crippen molar-refractivity contribution in [3.63, 3.8) is 0 Å². The van der Waals surface area contributed by atoms with Crippen LogP contribution in [0.4, 0.5) is 16.0 Å². The predicted octanol–water partition coefficient (Wildman–Crippen LogP) is 4.76. The Kier molecular flexibility index (Phi) is 5.72. The van der Waals surface area contributed by atoms with Gasteiger partial charge < -0.3 is 15.0 Å². The zero-order chi connectivity index (χ0) is 23.9. The van der Waals surface area contributed by atoms with Gasteiger partial charge in [-0.15, -0.1) is 0 Å². The Balaban J connectivity index is 1.41. The van der Waals surface area contributed by atoms with Crippen LogP contribution in [0.25, 0.3) is 28.1 Å². The van der Waals surface area contributed by atoms with Gasteiger partial charge in [-0.1, -0.05) is 0 Å². The molecule has 35 heavy (non-hydrogen) atoms. The third-order valence-electron chi connectivity index (χ3n) is 7.25. The summed E-state index contributed by atoms with van der Waals surface area (Å²) in [7, 11) is 1.80. The number of aromatic nitrogens is 5. The molecule has 1 aliphatic carbocycles. The third kappa shape index (κ3) is 4.29. The molecular weight excluding hydrogens is 445 g/mol. The number of methoxy groups -OCH3 is 1. The number of rotatable bonds is 5. The number of hydrogen-bond donors (Lipinski definition) is 1. The molecule has 0 radical (unpaired) electrons. The fourth-order valence-electron chi connectivity index (χ4n) is 5.30. The highest BCUT2D eigenvalue weighted by Gasteiger charge is 2.24. The number of nitrogens with zero attached hydrogens (tertiary/aromatic N) is 6. The van der Waals surface area contributed by atoms with E-state index in [4.69, 9.17) is 19.8 Å². The highest BCUT2D eigenvalue weighted by Crippen LogP contribution is 2.30. The largest absolute Gasteiger partial charge is 0.381 e. The first kappa shape index (κ1) is 22.2. The second-order valence-electron chi connectivity index (χ2n) is 9.64. The van der Waals surface area contributed by atoms with Crippen LogP contribution in [0.3, 0.4) is 0 Å². The summed E-state index contributed by atoms with van der Waals surface area (Å²) in [5.41, 5.74) is 4.01. The monoisotopic (exact) mass is 475 g/mol. The maximum absolute atomic E-state index is 13.8. The standard InChI is InChI=1S/C26H30FN7O/c1-16-26(30-21-13-17(27)5-10-20(21)28-16)22-14-24-31-23(33-11-3-4-12-33)15-25(34(24)32-22)29-18-6-8-19(35-2)9-7-18/h5,10,13-15,18-19,29H,3-4,6-9,11-12H2,1-2H3. The van der Waals surface area contributed by atoms with Crippen LogP contribution in [-0.4, -0.2) is 56.9 Å². The van der Waals surface area contributed by atoms with Gasteiger partial charge in [-0.3, -0.25) is 0 Å². The fourth-order valence-corrected chi connectivity index (χ4v) is 5.30. The summed E-state index contributed by atoms with van der Waals surface area (Å²) in [5, 5.41) is 8.63. The van der Waals surface area contributed by atoms with Crippen molar-refractivity contribution in [1.82, 2.24) is 24.6 Å². The molecule has 0 atom stereocenters. The van der Waals surface area contributed by atoms with E-state index < -0.39 is 0 Å². The lowest BCUT2D eigenvalue weighted by Crippen LogP contribution is -2.30. The highest BCUT2D eigenvalue weighted by atomic mass is 19.1. The zero-order valence-corrected chi connectivity index (χ0v) is 20.2. The lowest BCUT2D eigenvalue weighted by Gasteiger charge is -2.29. The van der Waals surface area contributed by atoms with Crippen LogP contribution in [0.5, 0.6) is 0 Å². The first-order valence-electron chi connectivity index (χ1n) is 12.5. The lowest BCUT2D eigenvalue weighted by atomic mass is 9.93. The van der Waals surface area contributed by atoms with Gasteiger partial charge >= 0.3 is 0 Å². The van der Waals surface area contributed by atoms with Crippen LogP contribution in [0.15, 0.2) is 30.3 Å². The molecule has 0 spiro atoms. The molecule has 1 aromatic carbocycles. The summed E-state index contributed by atoms with van der Waals surface area (Å²) in [6, 6.07) is 8.90. The van der Waals surface area contributed by atoms with Gasteiger partial charge in [-0.25, -0.2) is 19.3 Å². The summed E-state index contributed by atoms with van der Waals surface area (Å²) in [5.74, 6) is 1.57. The van der Waals surface area contributed by atoms with E-state index in [0.29, 0.717) is 34.6 Å². The number of ether oxygens (including phenoxy) is 1. The minimum atomic E-state index is -0.330. The van der Waals surface area contributed by atoms with Crippen LogP contribution < -0.4 is 10.2 Å². The van der Waals surface area contributed by atoms with Gasteiger partial charge in [0.2, 0.25) is 0 Å². The predicted molar refractivity (Wildman–Crippen MR) is 134 cm³/mol. The molecule has 0 unspecified atom stereocenters. The van der Waals surface area contributed by atoms with Crippen LogP contribution in [0.1, 0.15) is 44.2 Å². The van der Waals surface area contributed by atoms with Crippen LogP contribution in [-0.2, 0) is 4.74 Å². The Labute approximate surface area is 203 Å². The third-order valence-corrected chi connectivity index (χ3v) is 7.25. The number of halogens is 1. The van der Waals surface area contributed by atoms with Crippen molar-refractivity contribution in [2.24, 2.45) is 0 Å². The summed E-state index contributed by atoms with van der Waals surface area (Å²) in [6.45, 7) is 3.94. The number of nitrogens with one attached hydrogen (secondary N) is 1. The summed E-state index contributed by atoms with van der Waals surface area (Å²) in [4.78, 5) is 16.6. The van der Waals surface area contributed by atoms with Crippen molar-refractivity contribution in [1.29, 1.82) is 0 Å². The molecule has 0 amide bonds. The number of benzene rings is 1. The molecule has 1 saturated carbocycles. The smallest absolute Gasteiger partial charge is 0.160 e. The van der Waals surface area contributed by atoms with Crippen LogP contribution in [0.2, 0.25) is 0 Å².